The highest BCUT2D eigenvalue weighted by atomic mass is 31.2. The van der Waals surface area contributed by atoms with Crippen molar-refractivity contribution in [1.82, 2.24) is 15.6 Å². The summed E-state index contributed by atoms with van der Waals surface area (Å²) >= 11 is 0. The lowest BCUT2D eigenvalue weighted by Gasteiger charge is -2.22. The Kier molecular flexibility index (Phi) is 8.74. The lowest BCUT2D eigenvalue weighted by Crippen LogP contribution is -2.50. The van der Waals surface area contributed by atoms with Crippen molar-refractivity contribution >= 4 is 19.6 Å². The maximum Gasteiger partial charge on any atom is 0.524 e. The smallest absolute Gasteiger partial charge is 0.404 e. The van der Waals surface area contributed by atoms with Gasteiger partial charge in [-0.2, -0.15) is 0 Å². The van der Waals surface area contributed by atoms with Crippen LogP contribution >= 0.6 is 7.82 Å². The summed E-state index contributed by atoms with van der Waals surface area (Å²) in [5.74, 6) is -0.338. The van der Waals surface area contributed by atoms with E-state index in [9.17, 15) is 14.2 Å². The SMILES string of the molecule is CC(C)CC(C)NC(=O)C(Cc1ccc(OP(=O)(O)O)cc1)NC(=O)c1cccnc1. The topological polar surface area (TPSA) is 138 Å². The molecule has 0 spiro atoms. The van der Waals surface area contributed by atoms with Crippen LogP contribution in [0.3, 0.4) is 0 Å². The molecule has 10 heteroatoms. The summed E-state index contributed by atoms with van der Waals surface area (Å²) in [4.78, 5) is 47.2. The second-order valence-corrected chi connectivity index (χ2v) is 8.90. The average molecular weight is 449 g/mol. The molecule has 0 aliphatic rings. The number of phosphoric ester groups is 1. The lowest BCUT2D eigenvalue weighted by atomic mass is 10.0. The standard InChI is InChI=1S/C21H28N3O6P/c1-14(2)11-15(3)23-21(26)19(24-20(25)17-5-4-10-22-13-17)12-16-6-8-18(9-7-16)30-31(27,28)29/h4-10,13-15,19H,11-12H2,1-3H3,(H,23,26)(H,24,25)(H2,27,28,29). The molecule has 0 saturated carbocycles. The predicted molar refractivity (Wildman–Crippen MR) is 115 cm³/mol. The molecule has 168 valence electrons. The fraction of sp³-hybridized carbons (Fsp3) is 0.381. The minimum atomic E-state index is -4.65. The number of nitrogens with zero attached hydrogens (tertiary/aromatic N) is 1. The highest BCUT2D eigenvalue weighted by molar-refractivity contribution is 7.46. The van der Waals surface area contributed by atoms with E-state index in [1.165, 1.54) is 18.3 Å². The Balaban J connectivity index is 2.15. The quantitative estimate of drug-likeness (QED) is 0.409. The van der Waals surface area contributed by atoms with Crippen LogP contribution in [0.4, 0.5) is 0 Å². The van der Waals surface area contributed by atoms with Gasteiger partial charge in [-0.1, -0.05) is 26.0 Å². The third-order valence-corrected chi connectivity index (χ3v) is 4.80. The van der Waals surface area contributed by atoms with E-state index in [-0.39, 0.29) is 24.1 Å². The zero-order valence-corrected chi connectivity index (χ0v) is 18.6. The summed E-state index contributed by atoms with van der Waals surface area (Å²) in [6.45, 7) is 6.03. The van der Waals surface area contributed by atoms with Crippen LogP contribution in [-0.2, 0) is 15.8 Å². The first-order valence-corrected chi connectivity index (χ1v) is 11.4. The number of hydrogen-bond acceptors (Lipinski definition) is 5. The van der Waals surface area contributed by atoms with Gasteiger partial charge in [-0.05, 0) is 49.1 Å². The molecule has 31 heavy (non-hydrogen) atoms. The van der Waals surface area contributed by atoms with Crippen molar-refractivity contribution in [3.05, 3.63) is 59.9 Å². The van der Waals surface area contributed by atoms with E-state index >= 15 is 0 Å². The Morgan fingerprint density at radius 1 is 1.10 bits per heavy atom. The number of pyridine rings is 1. The summed E-state index contributed by atoms with van der Waals surface area (Å²) in [7, 11) is -4.65. The first-order valence-electron chi connectivity index (χ1n) is 9.89. The number of hydrogen-bond donors (Lipinski definition) is 4. The van der Waals surface area contributed by atoms with E-state index < -0.39 is 19.8 Å². The van der Waals surface area contributed by atoms with Crippen molar-refractivity contribution < 1.29 is 28.5 Å². The molecule has 1 heterocycles. The van der Waals surface area contributed by atoms with Gasteiger partial charge in [0.2, 0.25) is 5.91 Å². The van der Waals surface area contributed by atoms with Crippen LogP contribution in [0.1, 0.15) is 43.1 Å². The first-order chi connectivity index (χ1) is 14.5. The van der Waals surface area contributed by atoms with Crippen LogP contribution in [0.15, 0.2) is 48.8 Å². The lowest BCUT2D eigenvalue weighted by molar-refractivity contribution is -0.123. The molecule has 1 aromatic carbocycles. The van der Waals surface area contributed by atoms with Crippen molar-refractivity contribution in [3.63, 3.8) is 0 Å². The number of aromatic nitrogens is 1. The normalized spacial score (nSPS) is 13.4. The molecule has 1 aromatic heterocycles. The van der Waals surface area contributed by atoms with Gasteiger partial charge in [0.1, 0.15) is 11.8 Å². The number of carbonyl (C=O) groups excluding carboxylic acids is 2. The van der Waals surface area contributed by atoms with Crippen LogP contribution in [-0.4, -0.2) is 38.7 Å². The minimum Gasteiger partial charge on any atom is -0.404 e. The van der Waals surface area contributed by atoms with Crippen LogP contribution in [0.5, 0.6) is 5.75 Å². The molecule has 2 unspecified atom stereocenters. The maximum absolute atomic E-state index is 12.9. The number of benzene rings is 1. The van der Waals surface area contributed by atoms with E-state index in [1.807, 2.05) is 6.92 Å². The molecule has 0 fully saturated rings. The number of phosphoric acid groups is 1. The van der Waals surface area contributed by atoms with Gasteiger partial charge in [-0.3, -0.25) is 24.4 Å². The molecule has 0 aliphatic heterocycles. The Hall–Kier alpha value is -2.74. The highest BCUT2D eigenvalue weighted by Crippen LogP contribution is 2.37. The molecule has 2 atom stereocenters. The van der Waals surface area contributed by atoms with Crippen molar-refractivity contribution in [2.24, 2.45) is 5.92 Å². The Morgan fingerprint density at radius 2 is 1.77 bits per heavy atom. The van der Waals surface area contributed by atoms with Gasteiger partial charge in [0, 0.05) is 24.9 Å². The van der Waals surface area contributed by atoms with Crippen molar-refractivity contribution in [3.8, 4) is 5.75 Å². The Morgan fingerprint density at radius 3 is 2.32 bits per heavy atom. The van der Waals surface area contributed by atoms with Crippen LogP contribution in [0.2, 0.25) is 0 Å². The van der Waals surface area contributed by atoms with E-state index in [0.717, 1.165) is 6.42 Å². The number of rotatable bonds is 10. The van der Waals surface area contributed by atoms with Gasteiger partial charge < -0.3 is 15.2 Å². The highest BCUT2D eigenvalue weighted by Gasteiger charge is 2.24. The second kappa shape index (κ2) is 11.0. The van der Waals surface area contributed by atoms with Crippen molar-refractivity contribution in [1.29, 1.82) is 0 Å². The fourth-order valence-corrected chi connectivity index (χ4v) is 3.51. The molecule has 2 rings (SSSR count). The Labute approximate surface area is 181 Å². The van der Waals surface area contributed by atoms with Crippen molar-refractivity contribution in [2.45, 2.75) is 45.7 Å². The summed E-state index contributed by atoms with van der Waals surface area (Å²) in [5.41, 5.74) is 1.02. The predicted octanol–water partition coefficient (Wildman–Crippen LogP) is 2.45. The molecule has 0 bridgehead atoms. The molecule has 0 saturated heterocycles. The largest absolute Gasteiger partial charge is 0.524 e. The summed E-state index contributed by atoms with van der Waals surface area (Å²) in [5, 5.41) is 5.68. The molecule has 2 aromatic rings. The number of nitrogens with one attached hydrogen (secondary N) is 2. The van der Waals surface area contributed by atoms with E-state index in [0.29, 0.717) is 17.0 Å². The van der Waals surface area contributed by atoms with E-state index in [2.05, 4.69) is 34.0 Å². The van der Waals surface area contributed by atoms with Gasteiger partial charge >= 0.3 is 7.82 Å². The molecule has 9 nitrogen and oxygen atoms in total. The summed E-state index contributed by atoms with van der Waals surface area (Å²) < 4.78 is 15.5. The second-order valence-electron chi connectivity index (χ2n) is 7.74. The van der Waals surface area contributed by atoms with Crippen molar-refractivity contribution in [2.75, 3.05) is 0 Å². The maximum atomic E-state index is 12.9. The molecule has 0 aliphatic carbocycles. The van der Waals surface area contributed by atoms with Gasteiger partial charge in [-0.15, -0.1) is 0 Å². The van der Waals surface area contributed by atoms with Gasteiger partial charge in [-0.25, -0.2) is 4.57 Å². The third kappa shape index (κ3) is 8.88. The van der Waals surface area contributed by atoms with Gasteiger partial charge in [0.15, 0.2) is 0 Å². The van der Waals surface area contributed by atoms with Gasteiger partial charge in [0.25, 0.3) is 5.91 Å². The number of carbonyl (C=O) groups is 2. The van der Waals surface area contributed by atoms with Crippen LogP contribution in [0, 0.1) is 5.92 Å². The fourth-order valence-electron chi connectivity index (χ4n) is 3.12. The molecule has 0 radical (unpaired) electrons. The zero-order valence-electron chi connectivity index (χ0n) is 17.7. The zero-order chi connectivity index (χ0) is 23.0. The minimum absolute atomic E-state index is 0.00281. The first kappa shape index (κ1) is 24.5. The molecule has 4 N–H and O–H groups in total. The van der Waals surface area contributed by atoms with Gasteiger partial charge in [0.05, 0.1) is 5.56 Å². The summed E-state index contributed by atoms with van der Waals surface area (Å²) in [6, 6.07) is 8.28. The molecular formula is C21H28N3O6P. The molecular weight excluding hydrogens is 421 g/mol. The van der Waals surface area contributed by atoms with Crippen LogP contribution < -0.4 is 15.2 Å². The van der Waals surface area contributed by atoms with E-state index in [1.54, 1.807) is 30.5 Å². The summed E-state index contributed by atoms with van der Waals surface area (Å²) in [6.07, 6.45) is 3.95. The average Bonchev–Trinajstić information content (AvgIpc) is 2.67. The monoisotopic (exact) mass is 449 g/mol. The van der Waals surface area contributed by atoms with E-state index in [4.69, 9.17) is 9.79 Å². The third-order valence-electron chi connectivity index (χ3n) is 4.35. The number of amides is 2. The van der Waals surface area contributed by atoms with Crippen LogP contribution in [0.25, 0.3) is 0 Å². The Bertz CT molecular complexity index is 914. The molecule has 2 amide bonds.